The second-order valence-electron chi connectivity index (χ2n) is 14.5. The largest absolute Gasteiger partial charge is 0.459 e. The zero-order valence-electron chi connectivity index (χ0n) is 24.1. The van der Waals surface area contributed by atoms with Crippen LogP contribution in [0.3, 0.4) is 0 Å². The summed E-state index contributed by atoms with van der Waals surface area (Å²) in [7, 11) is 0. The van der Waals surface area contributed by atoms with Crippen LogP contribution < -0.4 is 0 Å². The zero-order chi connectivity index (χ0) is 26.4. The normalized spacial score (nSPS) is 42.0. The molecule has 4 aliphatic rings. The van der Waals surface area contributed by atoms with E-state index in [1.807, 2.05) is 30.3 Å². The van der Waals surface area contributed by atoms with Crippen LogP contribution in [0.15, 0.2) is 30.3 Å². The Morgan fingerprint density at radius 3 is 2.43 bits per heavy atom. The summed E-state index contributed by atoms with van der Waals surface area (Å²) in [5, 5.41) is 0. The predicted octanol–water partition coefficient (Wildman–Crippen LogP) is 9.85. The van der Waals surface area contributed by atoms with Gasteiger partial charge in [-0.2, -0.15) is 0 Å². The number of hydrogen-bond donors (Lipinski definition) is 0. The maximum absolute atomic E-state index is 12.8. The number of fused-ring (bicyclic) bond motifs is 5. The smallest absolute Gasteiger partial charge is 0.338 e. The van der Waals surface area contributed by atoms with Gasteiger partial charge in [0.1, 0.15) is 6.10 Å². The lowest BCUT2D eigenvalue weighted by Crippen LogP contribution is -2.60. The van der Waals surface area contributed by atoms with Gasteiger partial charge in [0.05, 0.1) is 5.56 Å². The fourth-order valence-corrected chi connectivity index (χ4v) is 11.2. The van der Waals surface area contributed by atoms with E-state index >= 15 is 0 Å². The van der Waals surface area contributed by atoms with E-state index in [0.717, 1.165) is 48.3 Å². The molecular weight excluding hydrogens is 520 g/mol. The van der Waals surface area contributed by atoms with Crippen LogP contribution in [0.2, 0.25) is 0 Å². The predicted molar refractivity (Wildman–Crippen MR) is 157 cm³/mol. The van der Waals surface area contributed by atoms with Crippen LogP contribution in [0.25, 0.3) is 0 Å². The first-order chi connectivity index (χ1) is 17.6. The van der Waals surface area contributed by atoms with Crippen molar-refractivity contribution in [1.82, 2.24) is 0 Å². The van der Waals surface area contributed by atoms with Gasteiger partial charge >= 0.3 is 5.97 Å². The Balaban J connectivity index is 1.26. The molecule has 0 aromatic heterocycles. The molecule has 4 saturated carbocycles. The third kappa shape index (κ3) is 4.98. The monoisotopic (exact) mass is 570 g/mol. The number of carbonyl (C=O) groups excluding carboxylic acids is 1. The molecule has 206 valence electrons. The van der Waals surface area contributed by atoms with Crippen molar-refractivity contribution < 1.29 is 9.53 Å². The van der Waals surface area contributed by atoms with Crippen molar-refractivity contribution in [2.24, 2.45) is 46.3 Å². The summed E-state index contributed by atoms with van der Waals surface area (Å²) >= 11 is 4.35. The van der Waals surface area contributed by atoms with E-state index in [0.29, 0.717) is 16.4 Å². The van der Waals surface area contributed by atoms with Crippen LogP contribution in [0.4, 0.5) is 0 Å². The molecule has 0 bridgehead atoms. The first-order valence-corrected chi connectivity index (χ1v) is 16.3. The second-order valence-corrected chi connectivity index (χ2v) is 16.0. The zero-order valence-corrected chi connectivity index (χ0v) is 25.7. The molecule has 5 rings (SSSR count). The summed E-state index contributed by atoms with van der Waals surface area (Å²) in [6.07, 6.45) is 15.7. The Kier molecular flexibility index (Phi) is 7.96. The van der Waals surface area contributed by atoms with E-state index < -0.39 is 0 Å². The summed E-state index contributed by atoms with van der Waals surface area (Å²) < 4.78 is 6.17. The molecule has 0 unspecified atom stereocenters. The molecule has 0 heterocycles. The molecule has 0 saturated heterocycles. The minimum absolute atomic E-state index is 0.0214. The van der Waals surface area contributed by atoms with E-state index in [4.69, 9.17) is 4.74 Å². The van der Waals surface area contributed by atoms with Crippen molar-refractivity contribution in [3.05, 3.63) is 35.9 Å². The van der Waals surface area contributed by atoms with Gasteiger partial charge in [-0.15, -0.1) is 0 Å². The average Bonchev–Trinajstić information content (AvgIpc) is 3.22. The Labute approximate surface area is 235 Å². The van der Waals surface area contributed by atoms with Gasteiger partial charge in [0.15, 0.2) is 0 Å². The van der Waals surface area contributed by atoms with Crippen LogP contribution in [-0.4, -0.2) is 16.4 Å². The van der Waals surface area contributed by atoms with Crippen LogP contribution in [-0.2, 0) is 4.74 Å². The molecule has 37 heavy (non-hydrogen) atoms. The van der Waals surface area contributed by atoms with Crippen molar-refractivity contribution in [1.29, 1.82) is 0 Å². The first kappa shape index (κ1) is 27.7. The molecule has 0 spiro atoms. The highest BCUT2D eigenvalue weighted by molar-refractivity contribution is 9.10. The van der Waals surface area contributed by atoms with Gasteiger partial charge in [-0.05, 0) is 110 Å². The van der Waals surface area contributed by atoms with Gasteiger partial charge in [0, 0.05) is 10.7 Å². The number of esters is 1. The van der Waals surface area contributed by atoms with Crippen LogP contribution in [0.5, 0.6) is 0 Å². The molecule has 4 fully saturated rings. The number of halogens is 1. The number of benzene rings is 1. The topological polar surface area (TPSA) is 26.3 Å². The molecular formula is C34H51BrO2. The van der Waals surface area contributed by atoms with Crippen molar-refractivity contribution in [2.45, 2.75) is 122 Å². The van der Waals surface area contributed by atoms with Crippen molar-refractivity contribution in [3.8, 4) is 0 Å². The maximum atomic E-state index is 12.8. The SMILES string of the molecule is CC(C)CCC[C@@H](C)[C@H]1CC[C@H]2[C@@H]3CC[C@]4(Br)C[C@@H](OC(=O)c5ccccc5)CC[C@]4(C)[C@H]3CC[C@]12C. The highest BCUT2D eigenvalue weighted by atomic mass is 79.9. The molecule has 0 radical (unpaired) electrons. The van der Waals surface area contributed by atoms with Crippen molar-refractivity contribution in [2.75, 3.05) is 0 Å². The Hall–Kier alpha value is -0.830. The van der Waals surface area contributed by atoms with Gasteiger partial charge < -0.3 is 4.74 Å². The van der Waals surface area contributed by atoms with Gasteiger partial charge in [0.2, 0.25) is 0 Å². The van der Waals surface area contributed by atoms with Crippen LogP contribution >= 0.6 is 15.9 Å². The summed E-state index contributed by atoms with van der Waals surface area (Å²) in [5.74, 6) is 5.05. The standard InChI is InChI=1S/C34H51BrO2/c1-23(2)10-9-11-24(3)28-14-15-29-27-17-21-34(35)22-26(37-31(36)25-12-7-6-8-13-25)16-20-33(34,5)30(27)18-19-32(28,29)4/h6-8,12-13,23-24,26-30H,9-11,14-22H2,1-5H3/t24-,26+,27+,28-,29+,30+,32-,33-,34+/m1/s1. The number of carbonyl (C=O) groups is 1. The van der Waals surface area contributed by atoms with E-state index in [9.17, 15) is 4.79 Å². The van der Waals surface area contributed by atoms with Gasteiger partial charge in [-0.25, -0.2) is 4.79 Å². The molecule has 0 N–H and O–H groups in total. The van der Waals surface area contributed by atoms with Crippen molar-refractivity contribution in [3.63, 3.8) is 0 Å². The van der Waals surface area contributed by atoms with E-state index in [1.165, 1.54) is 64.2 Å². The molecule has 9 atom stereocenters. The van der Waals surface area contributed by atoms with Gasteiger partial charge in [-0.1, -0.05) is 88.0 Å². The highest BCUT2D eigenvalue weighted by Crippen LogP contribution is 2.71. The van der Waals surface area contributed by atoms with Crippen LogP contribution in [0, 0.1) is 46.3 Å². The Morgan fingerprint density at radius 1 is 0.946 bits per heavy atom. The molecule has 1 aromatic rings. The minimum atomic E-state index is -0.160. The van der Waals surface area contributed by atoms with E-state index in [-0.39, 0.29) is 16.4 Å². The lowest BCUT2D eigenvalue weighted by Gasteiger charge is -2.64. The van der Waals surface area contributed by atoms with E-state index in [1.54, 1.807) is 0 Å². The highest BCUT2D eigenvalue weighted by Gasteiger charge is 2.64. The minimum Gasteiger partial charge on any atom is -0.459 e. The molecule has 4 aliphatic carbocycles. The lowest BCUT2D eigenvalue weighted by molar-refractivity contribution is -0.116. The third-order valence-electron chi connectivity index (χ3n) is 12.2. The number of rotatable bonds is 7. The Morgan fingerprint density at radius 2 is 1.70 bits per heavy atom. The Bertz CT molecular complexity index is 944. The molecule has 0 aliphatic heterocycles. The van der Waals surface area contributed by atoms with E-state index in [2.05, 4.69) is 50.5 Å². The quantitative estimate of drug-likeness (QED) is 0.241. The van der Waals surface area contributed by atoms with Crippen LogP contribution in [0.1, 0.15) is 122 Å². The summed E-state index contributed by atoms with van der Waals surface area (Å²) in [4.78, 5) is 12.8. The second kappa shape index (κ2) is 10.6. The van der Waals surface area contributed by atoms with Gasteiger partial charge in [-0.3, -0.25) is 0 Å². The average molecular weight is 572 g/mol. The summed E-state index contributed by atoms with van der Waals surface area (Å²) in [5.41, 5.74) is 1.51. The molecule has 0 amide bonds. The third-order valence-corrected chi connectivity index (χ3v) is 13.8. The van der Waals surface area contributed by atoms with Crippen molar-refractivity contribution >= 4 is 21.9 Å². The summed E-state index contributed by atoms with van der Waals surface area (Å²) in [6, 6.07) is 9.51. The number of alkyl halides is 1. The lowest BCUT2D eigenvalue weighted by atomic mass is 9.44. The maximum Gasteiger partial charge on any atom is 0.338 e. The fourth-order valence-electron chi connectivity index (χ4n) is 10.1. The number of hydrogen-bond acceptors (Lipinski definition) is 2. The summed E-state index contributed by atoms with van der Waals surface area (Å²) in [6.45, 7) is 12.6. The molecule has 1 aromatic carbocycles. The van der Waals surface area contributed by atoms with Gasteiger partial charge in [0.25, 0.3) is 0 Å². The first-order valence-electron chi connectivity index (χ1n) is 15.5. The number of ether oxygens (including phenoxy) is 1. The molecule has 2 nitrogen and oxygen atoms in total. The molecule has 3 heteroatoms. The fraction of sp³-hybridized carbons (Fsp3) is 0.794.